The summed E-state index contributed by atoms with van der Waals surface area (Å²) in [6, 6.07) is 7.47. The van der Waals surface area contributed by atoms with Gasteiger partial charge in [0.15, 0.2) is 0 Å². The Bertz CT molecular complexity index is 1060. The van der Waals surface area contributed by atoms with Crippen LogP contribution in [0.4, 0.5) is 0 Å². The molecule has 4 aliphatic rings. The molecule has 2 aliphatic carbocycles. The number of hydrogen-bond acceptors (Lipinski definition) is 6. The number of fused-ring (bicyclic) bond motifs is 6. The number of para-hydroxylation sites is 1. The van der Waals surface area contributed by atoms with Crippen LogP contribution in [0.1, 0.15) is 22.8 Å². The van der Waals surface area contributed by atoms with Crippen molar-refractivity contribution < 1.29 is 19.4 Å². The molecule has 0 amide bonds. The Morgan fingerprint density at radius 3 is 2.85 bits per heavy atom. The lowest BCUT2D eigenvalue weighted by Crippen LogP contribution is -2.49. The quantitative estimate of drug-likeness (QED) is 0.563. The monoisotopic (exact) mass is 401 g/mol. The van der Waals surface area contributed by atoms with Gasteiger partial charge in [0, 0.05) is 21.6 Å². The van der Waals surface area contributed by atoms with Gasteiger partial charge >= 0.3 is 16.8 Å². The highest BCUT2D eigenvalue weighted by Gasteiger charge is 2.67. The number of thiazole rings is 1. The van der Waals surface area contributed by atoms with Crippen LogP contribution in [0.3, 0.4) is 0 Å². The Balaban J connectivity index is 1.64. The molecule has 3 heterocycles. The molecule has 27 heavy (non-hydrogen) atoms. The van der Waals surface area contributed by atoms with Crippen molar-refractivity contribution in [3.05, 3.63) is 44.4 Å². The molecule has 2 aliphatic heterocycles. The van der Waals surface area contributed by atoms with E-state index in [0.717, 1.165) is 21.9 Å². The van der Waals surface area contributed by atoms with E-state index in [1.165, 1.54) is 11.3 Å². The van der Waals surface area contributed by atoms with E-state index >= 15 is 0 Å². The highest BCUT2D eigenvalue weighted by Crippen LogP contribution is 2.68. The number of carboxylic acid groups (broad SMARTS) is 1. The Morgan fingerprint density at radius 2 is 2.04 bits per heavy atom. The maximum atomic E-state index is 12.9. The zero-order valence-corrected chi connectivity index (χ0v) is 15.6. The number of aliphatic carboxylic acids is 1. The van der Waals surface area contributed by atoms with Crippen molar-refractivity contribution in [2.24, 2.45) is 29.6 Å². The highest BCUT2D eigenvalue weighted by atomic mass is 32.2. The minimum Gasteiger partial charge on any atom is -0.481 e. The summed E-state index contributed by atoms with van der Waals surface area (Å²) in [5.41, 5.74) is 0.926. The van der Waals surface area contributed by atoms with Gasteiger partial charge in [-0.05, 0) is 30.2 Å². The van der Waals surface area contributed by atoms with Crippen molar-refractivity contribution in [1.82, 2.24) is 4.98 Å². The second-order valence-corrected chi connectivity index (χ2v) is 9.96. The number of carbonyl (C=O) groups excluding carboxylic acids is 1. The third-order valence-corrected chi connectivity index (χ3v) is 9.32. The molecule has 8 heteroatoms. The topological polar surface area (TPSA) is 96.5 Å². The van der Waals surface area contributed by atoms with Gasteiger partial charge in [0.1, 0.15) is 5.75 Å². The second kappa shape index (κ2) is 5.26. The average Bonchev–Trinajstić information content (AvgIpc) is 3.29. The lowest BCUT2D eigenvalue weighted by Gasteiger charge is -2.45. The van der Waals surface area contributed by atoms with Gasteiger partial charge < -0.3 is 14.8 Å². The highest BCUT2D eigenvalue weighted by molar-refractivity contribution is 8.00. The molecule has 2 aromatic rings. The lowest BCUT2D eigenvalue weighted by molar-refractivity contribution is -0.156. The third kappa shape index (κ3) is 1.95. The number of thioether (sulfide) groups is 1. The fourth-order valence-electron chi connectivity index (χ4n) is 5.95. The van der Waals surface area contributed by atoms with Crippen molar-refractivity contribution in [3.8, 4) is 5.75 Å². The van der Waals surface area contributed by atoms with E-state index < -0.39 is 23.8 Å². The molecule has 0 radical (unpaired) electrons. The van der Waals surface area contributed by atoms with Gasteiger partial charge in [-0.15, -0.1) is 11.8 Å². The molecule has 2 bridgehead atoms. The van der Waals surface area contributed by atoms with Crippen molar-refractivity contribution in [2.75, 3.05) is 0 Å². The summed E-state index contributed by atoms with van der Waals surface area (Å²) in [7, 11) is 0. The van der Waals surface area contributed by atoms with Crippen LogP contribution in [0.25, 0.3) is 0 Å². The molecule has 7 atom stereocenters. The molecule has 1 aromatic carbocycles. The van der Waals surface area contributed by atoms with Gasteiger partial charge in [-0.25, -0.2) is 0 Å². The Labute approximate surface area is 161 Å². The smallest absolute Gasteiger partial charge is 0.315 e. The van der Waals surface area contributed by atoms with E-state index in [1.54, 1.807) is 17.8 Å². The van der Waals surface area contributed by atoms with Crippen LogP contribution in [-0.2, 0) is 9.59 Å². The van der Waals surface area contributed by atoms with E-state index in [4.69, 9.17) is 4.74 Å². The van der Waals surface area contributed by atoms with Gasteiger partial charge in [-0.3, -0.25) is 14.4 Å². The van der Waals surface area contributed by atoms with Gasteiger partial charge in [0.25, 0.3) is 0 Å². The molecule has 2 N–H and O–H groups in total. The second-order valence-electron chi connectivity index (χ2n) is 7.76. The van der Waals surface area contributed by atoms with Crippen LogP contribution in [0.5, 0.6) is 5.75 Å². The van der Waals surface area contributed by atoms with E-state index in [2.05, 4.69) is 4.98 Å². The van der Waals surface area contributed by atoms with Crippen LogP contribution in [0.2, 0.25) is 0 Å². The average molecular weight is 401 g/mol. The van der Waals surface area contributed by atoms with Crippen molar-refractivity contribution in [2.45, 2.75) is 22.6 Å². The molecule has 0 unspecified atom stereocenters. The number of carbonyl (C=O) groups is 2. The molecule has 1 aromatic heterocycles. The number of aromatic amines is 1. The van der Waals surface area contributed by atoms with Crippen molar-refractivity contribution in [1.29, 1.82) is 0 Å². The van der Waals surface area contributed by atoms with Crippen molar-refractivity contribution >= 4 is 35.0 Å². The summed E-state index contributed by atoms with van der Waals surface area (Å²) in [5.74, 6) is -2.16. The fourth-order valence-corrected chi connectivity index (χ4v) is 8.83. The number of carboxylic acids is 1. The SMILES string of the molecule is O=C1Oc2ccccc2[C@H]2c3sc(=O)[nH]c3S[C@H]3[C@H]4C[C@H]([C@@H]1[C@H]4C(=O)O)[C@@H]23. The summed E-state index contributed by atoms with van der Waals surface area (Å²) in [6.45, 7) is 0. The van der Waals surface area contributed by atoms with Gasteiger partial charge in [-0.2, -0.15) is 0 Å². The zero-order valence-electron chi connectivity index (χ0n) is 14.0. The molecular formula is C19H15NO5S2. The number of H-pyrrole nitrogens is 1. The summed E-state index contributed by atoms with van der Waals surface area (Å²) in [4.78, 5) is 40.9. The Hall–Kier alpha value is -2.06. The third-order valence-electron chi connectivity index (χ3n) is 6.73. The first-order valence-corrected chi connectivity index (χ1v) is 10.7. The number of ether oxygens (including phenoxy) is 1. The molecule has 2 saturated carbocycles. The van der Waals surface area contributed by atoms with Crippen LogP contribution in [-0.4, -0.2) is 27.3 Å². The number of hydrogen-bond donors (Lipinski definition) is 2. The normalized spacial score (nSPS) is 37.8. The summed E-state index contributed by atoms with van der Waals surface area (Å²) >= 11 is 2.83. The molecular weight excluding hydrogens is 386 g/mol. The Morgan fingerprint density at radius 1 is 1.22 bits per heavy atom. The number of rotatable bonds is 1. The minimum absolute atomic E-state index is 0.0233. The predicted molar refractivity (Wildman–Crippen MR) is 98.2 cm³/mol. The van der Waals surface area contributed by atoms with Crippen LogP contribution in [0.15, 0.2) is 34.1 Å². The van der Waals surface area contributed by atoms with Crippen LogP contribution >= 0.6 is 23.1 Å². The summed E-state index contributed by atoms with van der Waals surface area (Å²) < 4.78 is 5.72. The van der Waals surface area contributed by atoms with E-state index in [9.17, 15) is 19.5 Å². The van der Waals surface area contributed by atoms with Crippen LogP contribution in [0, 0.1) is 29.6 Å². The maximum Gasteiger partial charge on any atom is 0.315 e. The molecule has 0 spiro atoms. The summed E-state index contributed by atoms with van der Waals surface area (Å²) in [6.07, 6.45) is 0.733. The number of benzene rings is 1. The number of nitrogens with one attached hydrogen (secondary N) is 1. The number of aromatic nitrogens is 1. The molecule has 2 fully saturated rings. The minimum atomic E-state index is -0.918. The predicted octanol–water partition coefficient (Wildman–Crippen LogP) is 2.54. The molecule has 0 saturated heterocycles. The zero-order chi connectivity index (χ0) is 18.4. The van der Waals surface area contributed by atoms with E-state index in [-0.39, 0.29) is 33.8 Å². The van der Waals surface area contributed by atoms with Gasteiger partial charge in [0.2, 0.25) is 0 Å². The van der Waals surface area contributed by atoms with E-state index in [1.807, 2.05) is 18.2 Å². The standard InChI is InChI=1S/C19H15NO5S2/c21-17(22)12-8-5-7-11-10(15-16(26-14(8)11)20-19(24)27-15)6-3-1-2-4-9(6)25-18(23)13(7)12/h1-4,7-8,10-14H,5H2,(H,20,24)(H,21,22)/t7-,8-,10+,11-,12-,13+,14-/m0/s1. The van der Waals surface area contributed by atoms with Crippen LogP contribution < -0.4 is 9.61 Å². The largest absolute Gasteiger partial charge is 0.481 e. The van der Waals surface area contributed by atoms with E-state index in [0.29, 0.717) is 5.75 Å². The molecule has 6 nitrogen and oxygen atoms in total. The Kier molecular flexibility index (Phi) is 3.11. The van der Waals surface area contributed by atoms with Gasteiger partial charge in [0.05, 0.1) is 16.9 Å². The van der Waals surface area contributed by atoms with Crippen molar-refractivity contribution in [3.63, 3.8) is 0 Å². The fraction of sp³-hybridized carbons (Fsp3) is 0.421. The maximum absolute atomic E-state index is 12.9. The number of esters is 1. The first-order valence-electron chi connectivity index (χ1n) is 8.97. The van der Waals surface area contributed by atoms with Gasteiger partial charge in [-0.1, -0.05) is 29.5 Å². The first-order chi connectivity index (χ1) is 13.0. The molecule has 138 valence electrons. The molecule has 6 rings (SSSR count). The lowest BCUT2D eigenvalue weighted by atomic mass is 9.66. The first kappa shape index (κ1) is 15.9. The summed E-state index contributed by atoms with van der Waals surface area (Å²) in [5, 5.41) is 10.8.